The molecule has 0 aliphatic carbocycles. The first-order valence-corrected chi connectivity index (χ1v) is 13.7. The fraction of sp³-hybridized carbons (Fsp3) is 0.348. The van der Waals surface area contributed by atoms with E-state index < -0.39 is 7.14 Å². The summed E-state index contributed by atoms with van der Waals surface area (Å²) in [5.41, 5.74) is 9.22. The Morgan fingerprint density at radius 3 is 2.64 bits per heavy atom. The van der Waals surface area contributed by atoms with Crippen LogP contribution >= 0.6 is 7.14 Å². The van der Waals surface area contributed by atoms with E-state index in [1.807, 2.05) is 47.3 Å². The molecule has 0 radical (unpaired) electrons. The van der Waals surface area contributed by atoms with Crippen LogP contribution in [0, 0.1) is 0 Å². The van der Waals surface area contributed by atoms with Crippen molar-refractivity contribution in [1.82, 2.24) is 29.2 Å². The molecule has 1 aliphatic heterocycles. The maximum atomic E-state index is 12.9. The number of nitrogens with zero attached hydrogens (tertiary/aromatic N) is 6. The number of benzene rings is 1. The molecule has 172 valence electrons. The van der Waals surface area contributed by atoms with E-state index in [2.05, 4.69) is 43.2 Å². The van der Waals surface area contributed by atoms with Crippen LogP contribution in [0.4, 0.5) is 17.5 Å². The Morgan fingerprint density at radius 1 is 1.12 bits per heavy atom. The Bertz CT molecular complexity index is 1350. The minimum atomic E-state index is -2.50. The quantitative estimate of drug-likeness (QED) is 0.436. The highest BCUT2D eigenvalue weighted by Gasteiger charge is 2.21. The number of nitrogens with one attached hydrogen (secondary N) is 1. The lowest BCUT2D eigenvalue weighted by molar-refractivity contribution is 0.212. The van der Waals surface area contributed by atoms with Crippen LogP contribution in [-0.2, 0) is 4.57 Å². The van der Waals surface area contributed by atoms with Crippen LogP contribution in [0.15, 0.2) is 48.9 Å². The molecule has 0 unspecified atom stereocenters. The van der Waals surface area contributed by atoms with Gasteiger partial charge in [-0.25, -0.2) is 4.98 Å². The van der Waals surface area contributed by atoms with Crippen LogP contribution in [0.1, 0.15) is 18.9 Å². The lowest BCUT2D eigenvalue weighted by Gasteiger charge is -2.28. The molecule has 0 amide bonds. The number of nitrogen functional groups attached to an aromatic ring is 1. The van der Waals surface area contributed by atoms with Gasteiger partial charge < -0.3 is 25.1 Å². The third-order valence-electron chi connectivity index (χ3n) is 6.22. The Morgan fingerprint density at radius 2 is 1.88 bits per heavy atom. The van der Waals surface area contributed by atoms with Gasteiger partial charge in [-0.2, -0.15) is 10.1 Å². The molecule has 3 aromatic heterocycles. The number of fused-ring (bicyclic) bond motifs is 1. The van der Waals surface area contributed by atoms with Gasteiger partial charge in [0, 0.05) is 17.7 Å². The predicted molar refractivity (Wildman–Crippen MR) is 134 cm³/mol. The summed E-state index contributed by atoms with van der Waals surface area (Å²) < 4.78 is 16.9. The van der Waals surface area contributed by atoms with E-state index in [1.54, 1.807) is 13.3 Å². The van der Waals surface area contributed by atoms with Gasteiger partial charge in [-0.05, 0) is 64.5 Å². The second kappa shape index (κ2) is 8.32. The molecule has 0 spiro atoms. The molecule has 1 aromatic carbocycles. The summed E-state index contributed by atoms with van der Waals surface area (Å²) >= 11 is 0. The number of nitrogens with two attached hydrogens (primary N) is 1. The Kier molecular flexibility index (Phi) is 5.46. The topological polar surface area (TPSA) is 107 Å². The van der Waals surface area contributed by atoms with Crippen molar-refractivity contribution in [3.05, 3.63) is 48.9 Å². The van der Waals surface area contributed by atoms with Crippen LogP contribution < -0.4 is 16.4 Å². The SMILES string of the molecule is CN1CCC(n2cc(-n3ccc4nc(N)nc(Nc5ccccc5P(C)(C)=O)c43)cn2)CC1. The molecular weight excluding hydrogens is 435 g/mol. The number of likely N-dealkylation sites (tertiary alicyclic amines) is 1. The molecule has 0 saturated carbocycles. The van der Waals surface area contributed by atoms with Crippen LogP contribution in [0.2, 0.25) is 0 Å². The number of rotatable bonds is 5. The normalized spacial score (nSPS) is 15.8. The first-order chi connectivity index (χ1) is 15.8. The van der Waals surface area contributed by atoms with Crippen molar-refractivity contribution in [2.24, 2.45) is 0 Å². The molecule has 3 N–H and O–H groups in total. The summed E-state index contributed by atoms with van der Waals surface area (Å²) in [7, 11) is -0.340. The molecule has 0 bridgehead atoms. The Balaban J connectivity index is 1.55. The number of piperidine rings is 1. The van der Waals surface area contributed by atoms with Crippen molar-refractivity contribution < 1.29 is 4.57 Å². The maximum absolute atomic E-state index is 12.9. The monoisotopic (exact) mass is 464 g/mol. The lowest BCUT2D eigenvalue weighted by atomic mass is 10.1. The summed E-state index contributed by atoms with van der Waals surface area (Å²) in [6, 6.07) is 9.91. The van der Waals surface area contributed by atoms with Crippen LogP contribution in [0.3, 0.4) is 0 Å². The van der Waals surface area contributed by atoms with Crippen molar-refractivity contribution in [3.8, 4) is 5.69 Å². The van der Waals surface area contributed by atoms with Crippen molar-refractivity contribution in [1.29, 1.82) is 0 Å². The highest BCUT2D eigenvalue weighted by Crippen LogP contribution is 2.39. The minimum absolute atomic E-state index is 0.179. The zero-order valence-corrected chi connectivity index (χ0v) is 20.0. The predicted octanol–water partition coefficient (Wildman–Crippen LogP) is 3.46. The molecule has 10 heteroatoms. The third kappa shape index (κ3) is 4.26. The van der Waals surface area contributed by atoms with Gasteiger partial charge in [-0.1, -0.05) is 12.1 Å². The van der Waals surface area contributed by atoms with Gasteiger partial charge in [0.25, 0.3) is 0 Å². The summed E-state index contributed by atoms with van der Waals surface area (Å²) in [5, 5.41) is 8.80. The van der Waals surface area contributed by atoms with Crippen molar-refractivity contribution >= 4 is 40.9 Å². The number of anilines is 3. The standard InChI is InChI=1S/C23H29N8OP/c1-29-11-8-16(9-12-29)31-15-17(14-25-31)30-13-10-19-21(30)22(28-23(24)27-19)26-18-6-4-5-7-20(18)33(2,3)32/h4-7,10,13-16H,8-9,11-12H2,1-3H3,(H3,24,26,27,28). The average molecular weight is 465 g/mol. The molecule has 1 aliphatic rings. The molecule has 33 heavy (non-hydrogen) atoms. The number of aromatic nitrogens is 5. The second-order valence-electron chi connectivity index (χ2n) is 9.06. The van der Waals surface area contributed by atoms with E-state index in [0.717, 1.165) is 53.6 Å². The zero-order chi connectivity index (χ0) is 23.2. The van der Waals surface area contributed by atoms with Gasteiger partial charge in [-0.15, -0.1) is 0 Å². The van der Waals surface area contributed by atoms with E-state index in [0.29, 0.717) is 11.9 Å². The number of hydrogen-bond donors (Lipinski definition) is 2. The summed E-state index contributed by atoms with van der Waals surface area (Å²) in [4.78, 5) is 11.3. The van der Waals surface area contributed by atoms with Crippen molar-refractivity contribution in [3.63, 3.8) is 0 Å². The molecule has 9 nitrogen and oxygen atoms in total. The minimum Gasteiger partial charge on any atom is -0.368 e. The highest BCUT2D eigenvalue weighted by atomic mass is 31.2. The summed E-state index contributed by atoms with van der Waals surface area (Å²) in [6.45, 7) is 5.67. The van der Waals surface area contributed by atoms with Crippen molar-refractivity contribution in [2.45, 2.75) is 18.9 Å². The fourth-order valence-electron chi connectivity index (χ4n) is 4.45. The fourth-order valence-corrected chi connectivity index (χ4v) is 5.61. The average Bonchev–Trinajstić information content (AvgIpc) is 3.41. The second-order valence-corrected chi connectivity index (χ2v) is 12.2. The molecule has 1 fully saturated rings. The Hall–Kier alpha value is -3.16. The third-order valence-corrected chi connectivity index (χ3v) is 7.77. The molecular formula is C23H29N8OP. The first kappa shape index (κ1) is 21.7. The molecule has 0 atom stereocenters. The van der Waals surface area contributed by atoms with Gasteiger partial charge in [-0.3, -0.25) is 4.68 Å². The van der Waals surface area contributed by atoms with Crippen LogP contribution in [0.25, 0.3) is 16.7 Å². The molecule has 1 saturated heterocycles. The highest BCUT2D eigenvalue weighted by molar-refractivity contribution is 7.70. The number of para-hydroxylation sites is 1. The summed E-state index contributed by atoms with van der Waals surface area (Å²) in [6.07, 6.45) is 8.08. The van der Waals surface area contributed by atoms with Gasteiger partial charge in [0.15, 0.2) is 5.82 Å². The van der Waals surface area contributed by atoms with Gasteiger partial charge in [0.1, 0.15) is 12.7 Å². The van der Waals surface area contributed by atoms with Gasteiger partial charge in [0.2, 0.25) is 5.95 Å². The van der Waals surface area contributed by atoms with Crippen LogP contribution in [-0.4, -0.2) is 62.7 Å². The van der Waals surface area contributed by atoms with Crippen LogP contribution in [0.5, 0.6) is 0 Å². The molecule has 4 heterocycles. The van der Waals surface area contributed by atoms with Crippen molar-refractivity contribution in [2.75, 3.05) is 44.5 Å². The van der Waals surface area contributed by atoms with E-state index in [9.17, 15) is 4.57 Å². The van der Waals surface area contributed by atoms with E-state index in [1.165, 1.54) is 0 Å². The van der Waals surface area contributed by atoms with E-state index in [-0.39, 0.29) is 5.95 Å². The molecule has 5 rings (SSSR count). The van der Waals surface area contributed by atoms with Gasteiger partial charge in [0.05, 0.1) is 29.1 Å². The lowest BCUT2D eigenvalue weighted by Crippen LogP contribution is -2.31. The zero-order valence-electron chi connectivity index (χ0n) is 19.1. The maximum Gasteiger partial charge on any atom is 0.222 e. The largest absolute Gasteiger partial charge is 0.368 e. The smallest absolute Gasteiger partial charge is 0.222 e. The number of hydrogen-bond acceptors (Lipinski definition) is 7. The van der Waals surface area contributed by atoms with E-state index in [4.69, 9.17) is 5.73 Å². The Labute approximate surface area is 193 Å². The summed E-state index contributed by atoms with van der Waals surface area (Å²) in [5.74, 6) is 0.744. The molecule has 4 aromatic rings. The van der Waals surface area contributed by atoms with Gasteiger partial charge >= 0.3 is 0 Å². The van der Waals surface area contributed by atoms with E-state index >= 15 is 0 Å². The first-order valence-electron chi connectivity index (χ1n) is 11.1.